The van der Waals surface area contributed by atoms with Gasteiger partial charge in [0.05, 0.1) is 65.6 Å². The van der Waals surface area contributed by atoms with E-state index in [-0.39, 0.29) is 30.5 Å². The second-order valence-electron chi connectivity index (χ2n) is 13.4. The van der Waals surface area contributed by atoms with E-state index in [0.717, 1.165) is 58.5 Å². The largest absolute Gasteiger partial charge is 0.491 e. The second kappa shape index (κ2) is 20.3. The molecular weight excluding hydrogens is 676 g/mol. The third kappa shape index (κ3) is 14.0. The Labute approximate surface area is 313 Å². The molecule has 0 aliphatic carbocycles. The molecular formula is C43H52O10. The average Bonchev–Trinajstić information content (AvgIpc) is 4.12. The highest BCUT2D eigenvalue weighted by Crippen LogP contribution is 2.27. The molecule has 53 heavy (non-hydrogen) atoms. The fraction of sp³-hybridized carbons (Fsp3) is 0.442. The second-order valence-corrected chi connectivity index (χ2v) is 13.4. The Morgan fingerprint density at radius 3 is 1.21 bits per heavy atom. The normalized spacial score (nSPS) is 17.8. The molecule has 0 saturated carbocycles. The highest BCUT2D eigenvalue weighted by atomic mass is 16.6. The fourth-order valence-electron chi connectivity index (χ4n) is 5.41. The molecule has 2 fully saturated rings. The van der Waals surface area contributed by atoms with E-state index < -0.39 is 0 Å². The van der Waals surface area contributed by atoms with Crippen LogP contribution in [-0.2, 0) is 28.4 Å². The van der Waals surface area contributed by atoms with E-state index in [2.05, 4.69) is 48.5 Å². The Kier molecular flexibility index (Phi) is 14.8. The van der Waals surface area contributed by atoms with Gasteiger partial charge in [-0.1, -0.05) is 48.5 Å². The van der Waals surface area contributed by atoms with Crippen LogP contribution in [0, 0.1) is 0 Å². The van der Waals surface area contributed by atoms with Gasteiger partial charge in [-0.05, 0) is 91.6 Å². The lowest BCUT2D eigenvalue weighted by Gasteiger charge is -2.20. The molecule has 5 atom stereocenters. The van der Waals surface area contributed by atoms with Crippen LogP contribution in [0.15, 0.2) is 97.1 Å². The minimum Gasteiger partial charge on any atom is -0.491 e. The topological polar surface area (TPSA) is 98.9 Å². The van der Waals surface area contributed by atoms with Gasteiger partial charge in [-0.15, -0.1) is 0 Å². The molecule has 0 bridgehead atoms. The van der Waals surface area contributed by atoms with E-state index >= 15 is 0 Å². The molecule has 10 heteroatoms. The van der Waals surface area contributed by atoms with Gasteiger partial charge in [-0.3, -0.25) is 0 Å². The van der Waals surface area contributed by atoms with Crippen molar-refractivity contribution in [3.8, 4) is 45.3 Å². The van der Waals surface area contributed by atoms with E-state index in [1.54, 1.807) is 0 Å². The molecule has 4 aromatic carbocycles. The number of hydrogen-bond donors (Lipinski definition) is 0. The number of benzene rings is 4. The van der Waals surface area contributed by atoms with Gasteiger partial charge in [0.25, 0.3) is 0 Å². The minimum atomic E-state index is -0.116. The zero-order chi connectivity index (χ0) is 36.7. The van der Waals surface area contributed by atoms with Crippen LogP contribution in [0.2, 0.25) is 0 Å². The van der Waals surface area contributed by atoms with E-state index in [1.807, 2.05) is 69.3 Å². The van der Waals surface area contributed by atoms with Crippen LogP contribution in [-0.4, -0.2) is 103 Å². The fourth-order valence-corrected chi connectivity index (χ4v) is 5.41. The summed E-state index contributed by atoms with van der Waals surface area (Å²) in [5, 5.41) is 0. The SMILES string of the molecule is CC(COCC(C)Oc1ccc(-c2ccc(OCCOCC3CO3)cc2)cc1)OCC(C)Oc1ccc(-c2ccc(OCCOCC3CO3)cc2)cc1. The summed E-state index contributed by atoms with van der Waals surface area (Å²) in [5.41, 5.74) is 4.42. The monoisotopic (exact) mass is 728 g/mol. The van der Waals surface area contributed by atoms with Crippen LogP contribution >= 0.6 is 0 Å². The Bertz CT molecular complexity index is 1600. The lowest BCUT2D eigenvalue weighted by atomic mass is 10.1. The number of hydrogen-bond acceptors (Lipinski definition) is 10. The third-order valence-electron chi connectivity index (χ3n) is 8.48. The molecule has 5 unspecified atom stereocenters. The van der Waals surface area contributed by atoms with Crippen LogP contribution in [0.3, 0.4) is 0 Å². The molecule has 4 aromatic rings. The van der Waals surface area contributed by atoms with Crippen LogP contribution in [0.4, 0.5) is 0 Å². The van der Waals surface area contributed by atoms with Crippen molar-refractivity contribution in [2.75, 3.05) is 72.7 Å². The van der Waals surface area contributed by atoms with Crippen molar-refractivity contribution < 1.29 is 47.4 Å². The van der Waals surface area contributed by atoms with Crippen molar-refractivity contribution in [2.45, 2.75) is 51.3 Å². The Morgan fingerprint density at radius 1 is 0.453 bits per heavy atom. The van der Waals surface area contributed by atoms with Gasteiger partial charge in [0.2, 0.25) is 0 Å². The van der Waals surface area contributed by atoms with Crippen molar-refractivity contribution in [1.29, 1.82) is 0 Å². The maximum absolute atomic E-state index is 6.10. The van der Waals surface area contributed by atoms with Crippen molar-refractivity contribution in [3.63, 3.8) is 0 Å². The van der Waals surface area contributed by atoms with Crippen LogP contribution in [0.25, 0.3) is 22.3 Å². The van der Waals surface area contributed by atoms with Gasteiger partial charge in [-0.2, -0.15) is 0 Å². The molecule has 0 N–H and O–H groups in total. The molecule has 284 valence electrons. The zero-order valence-corrected chi connectivity index (χ0v) is 31.0. The van der Waals surface area contributed by atoms with Crippen molar-refractivity contribution in [3.05, 3.63) is 97.1 Å². The van der Waals surface area contributed by atoms with E-state index in [1.165, 1.54) is 0 Å². The highest BCUT2D eigenvalue weighted by molar-refractivity contribution is 5.65. The van der Waals surface area contributed by atoms with Crippen molar-refractivity contribution in [2.24, 2.45) is 0 Å². The van der Waals surface area contributed by atoms with Gasteiger partial charge < -0.3 is 47.4 Å². The van der Waals surface area contributed by atoms with Gasteiger partial charge in [0.1, 0.15) is 60.6 Å². The quantitative estimate of drug-likeness (QED) is 0.0512. The molecule has 0 amide bonds. The van der Waals surface area contributed by atoms with E-state index in [4.69, 9.17) is 47.4 Å². The molecule has 2 heterocycles. The van der Waals surface area contributed by atoms with Crippen molar-refractivity contribution >= 4 is 0 Å². The highest BCUT2D eigenvalue weighted by Gasteiger charge is 2.22. The first-order valence-corrected chi connectivity index (χ1v) is 18.5. The summed E-state index contributed by atoms with van der Waals surface area (Å²) in [5.74, 6) is 3.23. The molecule has 2 aliphatic heterocycles. The summed E-state index contributed by atoms with van der Waals surface area (Å²) in [4.78, 5) is 0. The van der Waals surface area contributed by atoms with Gasteiger partial charge >= 0.3 is 0 Å². The first kappa shape index (κ1) is 38.6. The molecule has 0 spiro atoms. The summed E-state index contributed by atoms with van der Waals surface area (Å²) in [6.45, 7) is 12.4. The average molecular weight is 729 g/mol. The van der Waals surface area contributed by atoms with Gasteiger partial charge in [0, 0.05) is 0 Å². The number of epoxide rings is 2. The summed E-state index contributed by atoms with van der Waals surface area (Å²) < 4.78 is 56.9. The predicted octanol–water partition coefficient (Wildman–Crippen LogP) is 7.27. The van der Waals surface area contributed by atoms with E-state index in [0.29, 0.717) is 59.5 Å². The zero-order valence-electron chi connectivity index (χ0n) is 31.0. The first-order valence-electron chi connectivity index (χ1n) is 18.5. The van der Waals surface area contributed by atoms with Crippen molar-refractivity contribution in [1.82, 2.24) is 0 Å². The van der Waals surface area contributed by atoms with E-state index in [9.17, 15) is 0 Å². The Morgan fingerprint density at radius 2 is 0.811 bits per heavy atom. The molecule has 10 nitrogen and oxygen atoms in total. The summed E-state index contributed by atoms with van der Waals surface area (Å²) in [6.07, 6.45) is 0.240. The lowest BCUT2D eigenvalue weighted by Crippen LogP contribution is -2.27. The van der Waals surface area contributed by atoms with Crippen LogP contribution < -0.4 is 18.9 Å². The van der Waals surface area contributed by atoms with Gasteiger partial charge in [-0.25, -0.2) is 0 Å². The molecule has 2 saturated heterocycles. The maximum atomic E-state index is 6.10. The lowest BCUT2D eigenvalue weighted by molar-refractivity contribution is -0.0428. The predicted molar refractivity (Wildman–Crippen MR) is 202 cm³/mol. The summed E-state index contributed by atoms with van der Waals surface area (Å²) in [7, 11) is 0. The van der Waals surface area contributed by atoms with Crippen LogP contribution in [0.1, 0.15) is 20.8 Å². The number of rotatable bonds is 25. The first-order chi connectivity index (χ1) is 26.0. The molecule has 6 rings (SSSR count). The molecule has 2 aliphatic rings. The molecule has 0 radical (unpaired) electrons. The Balaban J connectivity index is 0.815. The summed E-state index contributed by atoms with van der Waals surface area (Å²) >= 11 is 0. The van der Waals surface area contributed by atoms with Gasteiger partial charge in [0.15, 0.2) is 0 Å². The van der Waals surface area contributed by atoms with Crippen LogP contribution in [0.5, 0.6) is 23.0 Å². The smallest absolute Gasteiger partial charge is 0.119 e. The minimum absolute atomic E-state index is 0.0840. The maximum Gasteiger partial charge on any atom is 0.119 e. The Hall–Kier alpha value is -4.16. The summed E-state index contributed by atoms with van der Waals surface area (Å²) in [6, 6.07) is 32.3. The number of ether oxygens (including phenoxy) is 10. The third-order valence-corrected chi connectivity index (χ3v) is 8.48. The standard InChI is InChI=1S/C43H52O10/c1-31(49-26-33(3)53-41-18-10-37(11-19-41)35-6-14-39(15-7-35)48-23-21-45-28-43-30-51-43)24-46-25-32(2)52-40-16-8-36(9-17-40)34-4-12-38(13-5-34)47-22-20-44-27-42-29-50-42/h4-19,31-33,42-43H,20-30H2,1-3H3. The molecule has 0 aromatic heterocycles.